The number of anilines is 1. The first-order valence-corrected chi connectivity index (χ1v) is 10.0. The van der Waals surface area contributed by atoms with Gasteiger partial charge in [0.15, 0.2) is 11.5 Å². The van der Waals surface area contributed by atoms with E-state index in [0.29, 0.717) is 43.3 Å². The smallest absolute Gasteiger partial charge is 0.246 e. The van der Waals surface area contributed by atoms with Gasteiger partial charge in [0.05, 0.1) is 13.7 Å². The van der Waals surface area contributed by atoms with Crippen LogP contribution in [0, 0.1) is 0 Å². The average Bonchev–Trinajstić information content (AvgIpc) is 2.76. The molecule has 1 aliphatic rings. The molecule has 1 N–H and O–H groups in total. The zero-order valence-corrected chi connectivity index (χ0v) is 18.8. The maximum absolute atomic E-state index is 12.6. The standard InChI is InChI=1S/C23H27N3O4.ClH/c1-4-12-30-22-18(6-5-7-19(22)29-3)15-26(2)21(28)11-8-16-13-17-9-10-20(27)25-23(17)24-14-16;/h5-8,11,13-14H,4,9-10,12,15H2,1-3H3,(H,24,25,27);1H/b11-8+;. The third kappa shape index (κ3) is 6.21. The van der Waals surface area contributed by atoms with E-state index in [-0.39, 0.29) is 24.2 Å². The van der Waals surface area contributed by atoms with Gasteiger partial charge in [0.1, 0.15) is 5.82 Å². The molecule has 0 unspecified atom stereocenters. The maximum Gasteiger partial charge on any atom is 0.246 e. The van der Waals surface area contributed by atoms with Crippen molar-refractivity contribution in [2.45, 2.75) is 32.7 Å². The Morgan fingerprint density at radius 3 is 2.87 bits per heavy atom. The summed E-state index contributed by atoms with van der Waals surface area (Å²) in [6.07, 6.45) is 6.90. The number of hydrogen-bond donors (Lipinski definition) is 1. The lowest BCUT2D eigenvalue weighted by atomic mass is 10.0. The second-order valence-corrected chi connectivity index (χ2v) is 7.15. The van der Waals surface area contributed by atoms with Gasteiger partial charge in [-0.05, 0) is 42.2 Å². The van der Waals surface area contributed by atoms with Crippen LogP contribution in [0.5, 0.6) is 11.5 Å². The van der Waals surface area contributed by atoms with Gasteiger partial charge in [-0.25, -0.2) is 4.98 Å². The van der Waals surface area contributed by atoms with Crippen LogP contribution in [0.15, 0.2) is 36.5 Å². The first-order valence-electron chi connectivity index (χ1n) is 10.0. The van der Waals surface area contributed by atoms with Gasteiger partial charge in [0.2, 0.25) is 11.8 Å². The Hall–Kier alpha value is -3.06. The Labute approximate surface area is 188 Å². The Morgan fingerprint density at radius 2 is 2.13 bits per heavy atom. The molecular weight excluding hydrogens is 418 g/mol. The van der Waals surface area contributed by atoms with Gasteiger partial charge in [-0.15, -0.1) is 12.4 Å². The predicted octanol–water partition coefficient (Wildman–Crippen LogP) is 3.86. The molecule has 0 saturated carbocycles. The molecule has 8 heteroatoms. The number of pyridine rings is 1. The largest absolute Gasteiger partial charge is 0.493 e. The van der Waals surface area contributed by atoms with Gasteiger partial charge in [0, 0.05) is 37.8 Å². The van der Waals surface area contributed by atoms with Gasteiger partial charge < -0.3 is 19.7 Å². The van der Waals surface area contributed by atoms with Gasteiger partial charge in [0.25, 0.3) is 0 Å². The number of hydrogen-bond acceptors (Lipinski definition) is 5. The minimum absolute atomic E-state index is 0. The van der Waals surface area contributed by atoms with Crippen molar-refractivity contribution < 1.29 is 19.1 Å². The van der Waals surface area contributed by atoms with Crippen molar-refractivity contribution >= 4 is 36.1 Å². The summed E-state index contributed by atoms with van der Waals surface area (Å²) in [5.74, 6) is 1.78. The highest BCUT2D eigenvalue weighted by atomic mass is 35.5. The van der Waals surface area contributed by atoms with Crippen molar-refractivity contribution in [1.29, 1.82) is 0 Å². The number of halogens is 1. The summed E-state index contributed by atoms with van der Waals surface area (Å²) in [4.78, 5) is 30.0. The van der Waals surface area contributed by atoms with Crippen LogP contribution in [0.2, 0.25) is 0 Å². The fourth-order valence-corrected chi connectivity index (χ4v) is 3.21. The maximum atomic E-state index is 12.6. The molecular formula is C23H28ClN3O4. The number of fused-ring (bicyclic) bond motifs is 1. The number of benzene rings is 1. The lowest BCUT2D eigenvalue weighted by Crippen LogP contribution is -2.24. The molecule has 2 amide bonds. The quantitative estimate of drug-likeness (QED) is 0.624. The van der Waals surface area contributed by atoms with Crippen molar-refractivity contribution in [3.63, 3.8) is 0 Å². The van der Waals surface area contributed by atoms with Crippen LogP contribution in [0.25, 0.3) is 6.08 Å². The third-order valence-electron chi connectivity index (χ3n) is 4.80. The number of likely N-dealkylation sites (N-methyl/N-ethyl adjacent to an activating group) is 1. The molecule has 166 valence electrons. The van der Waals surface area contributed by atoms with Crippen molar-refractivity contribution in [1.82, 2.24) is 9.88 Å². The Bertz CT molecular complexity index is 962. The molecule has 0 spiro atoms. The summed E-state index contributed by atoms with van der Waals surface area (Å²) in [5.41, 5.74) is 2.69. The minimum Gasteiger partial charge on any atom is -0.493 e. The van der Waals surface area contributed by atoms with Crippen molar-refractivity contribution in [2.24, 2.45) is 0 Å². The van der Waals surface area contributed by atoms with E-state index in [9.17, 15) is 9.59 Å². The number of carbonyl (C=O) groups excluding carboxylic acids is 2. The predicted molar refractivity (Wildman–Crippen MR) is 123 cm³/mol. The molecule has 0 aliphatic carbocycles. The highest BCUT2D eigenvalue weighted by Crippen LogP contribution is 2.32. The molecule has 2 heterocycles. The number of rotatable bonds is 8. The summed E-state index contributed by atoms with van der Waals surface area (Å²) in [7, 11) is 3.35. The number of aromatic nitrogens is 1. The van der Waals surface area contributed by atoms with Crippen molar-refractivity contribution in [3.8, 4) is 11.5 Å². The topological polar surface area (TPSA) is 80.8 Å². The molecule has 1 aromatic carbocycles. The Morgan fingerprint density at radius 1 is 1.32 bits per heavy atom. The normalized spacial score (nSPS) is 12.5. The first-order chi connectivity index (χ1) is 14.5. The number of nitrogens with zero attached hydrogens (tertiary/aromatic N) is 2. The summed E-state index contributed by atoms with van der Waals surface area (Å²) < 4.78 is 11.3. The van der Waals surface area contributed by atoms with E-state index >= 15 is 0 Å². The third-order valence-corrected chi connectivity index (χ3v) is 4.80. The van der Waals surface area contributed by atoms with Gasteiger partial charge in [-0.1, -0.05) is 19.1 Å². The highest BCUT2D eigenvalue weighted by Gasteiger charge is 2.16. The molecule has 2 aromatic rings. The van der Waals surface area contributed by atoms with Crippen LogP contribution in [0.1, 0.15) is 36.5 Å². The van der Waals surface area contributed by atoms with E-state index < -0.39 is 0 Å². The number of para-hydroxylation sites is 1. The number of aryl methyl sites for hydroxylation is 1. The monoisotopic (exact) mass is 445 g/mol. The molecule has 0 bridgehead atoms. The number of nitrogens with one attached hydrogen (secondary N) is 1. The second-order valence-electron chi connectivity index (χ2n) is 7.15. The van der Waals surface area contributed by atoms with E-state index in [1.807, 2.05) is 31.2 Å². The second kappa shape index (κ2) is 11.4. The molecule has 0 fully saturated rings. The van der Waals surface area contributed by atoms with E-state index in [0.717, 1.165) is 23.1 Å². The van der Waals surface area contributed by atoms with Crippen LogP contribution in [0.3, 0.4) is 0 Å². The number of carbonyl (C=O) groups is 2. The highest BCUT2D eigenvalue weighted by molar-refractivity contribution is 5.93. The Balaban J connectivity index is 0.00000341. The van der Waals surface area contributed by atoms with E-state index in [1.165, 1.54) is 6.08 Å². The molecule has 1 aromatic heterocycles. The molecule has 0 atom stereocenters. The average molecular weight is 446 g/mol. The zero-order chi connectivity index (χ0) is 21.5. The molecule has 31 heavy (non-hydrogen) atoms. The SMILES string of the molecule is CCCOc1c(CN(C)C(=O)/C=C/c2cnc3c(c2)CCC(=O)N3)cccc1OC.Cl. The lowest BCUT2D eigenvalue weighted by molar-refractivity contribution is -0.125. The first kappa shape index (κ1) is 24.2. The van der Waals surface area contributed by atoms with E-state index in [1.54, 1.807) is 31.3 Å². The van der Waals surface area contributed by atoms with Crippen LogP contribution >= 0.6 is 12.4 Å². The molecule has 7 nitrogen and oxygen atoms in total. The summed E-state index contributed by atoms with van der Waals surface area (Å²) in [5, 5.41) is 2.76. The zero-order valence-electron chi connectivity index (χ0n) is 18.0. The fraction of sp³-hybridized carbons (Fsp3) is 0.348. The van der Waals surface area contributed by atoms with Crippen LogP contribution in [0.4, 0.5) is 5.82 Å². The fourth-order valence-electron chi connectivity index (χ4n) is 3.21. The van der Waals surface area contributed by atoms with Gasteiger partial charge in [-0.3, -0.25) is 9.59 Å². The Kier molecular flexibility index (Phi) is 8.88. The van der Waals surface area contributed by atoms with Crippen molar-refractivity contribution in [2.75, 3.05) is 26.1 Å². The lowest BCUT2D eigenvalue weighted by Gasteiger charge is -2.19. The molecule has 3 rings (SSSR count). The summed E-state index contributed by atoms with van der Waals surface area (Å²) >= 11 is 0. The number of amides is 2. The number of ether oxygens (including phenoxy) is 2. The van der Waals surface area contributed by atoms with Crippen LogP contribution in [-0.4, -0.2) is 42.5 Å². The van der Waals surface area contributed by atoms with Crippen molar-refractivity contribution in [3.05, 3.63) is 53.2 Å². The summed E-state index contributed by atoms with van der Waals surface area (Å²) in [6, 6.07) is 7.62. The van der Waals surface area contributed by atoms with Gasteiger partial charge in [-0.2, -0.15) is 0 Å². The van der Waals surface area contributed by atoms with Crippen LogP contribution in [-0.2, 0) is 22.6 Å². The number of methoxy groups -OCH3 is 1. The summed E-state index contributed by atoms with van der Waals surface area (Å²) in [6.45, 7) is 3.02. The van der Waals surface area contributed by atoms with E-state index in [4.69, 9.17) is 9.47 Å². The molecule has 0 saturated heterocycles. The van der Waals surface area contributed by atoms with Gasteiger partial charge >= 0.3 is 0 Å². The molecule has 1 aliphatic heterocycles. The molecule has 0 radical (unpaired) electrons. The van der Waals surface area contributed by atoms with E-state index in [2.05, 4.69) is 10.3 Å². The van der Waals surface area contributed by atoms with Crippen LogP contribution < -0.4 is 14.8 Å². The minimum atomic E-state index is -0.134.